The summed E-state index contributed by atoms with van der Waals surface area (Å²) in [5.74, 6) is -1.28. The summed E-state index contributed by atoms with van der Waals surface area (Å²) < 4.78 is 51.3. The van der Waals surface area contributed by atoms with Crippen LogP contribution in [-0.2, 0) is 0 Å². The Morgan fingerprint density at radius 3 is 2.70 bits per heavy atom. The molecule has 0 aliphatic carbocycles. The number of carbonyl (C=O) groups is 1. The van der Waals surface area contributed by atoms with Crippen LogP contribution in [0.25, 0.3) is 5.69 Å². The smallest absolute Gasteiger partial charge is 0.382 e. The lowest BCUT2D eigenvalue weighted by molar-refractivity contribution is -0.205. The van der Waals surface area contributed by atoms with E-state index in [2.05, 4.69) is 5.10 Å². The second-order valence-corrected chi connectivity index (χ2v) is 4.87. The number of hydrogen-bond acceptors (Lipinski definition) is 3. The molecular formula is C14H13F4N3O2. The molecule has 0 aliphatic heterocycles. The van der Waals surface area contributed by atoms with Crippen LogP contribution in [0.5, 0.6) is 0 Å². The lowest BCUT2D eigenvalue weighted by Gasteiger charge is -2.21. The molecule has 1 aromatic carbocycles. The molecule has 1 amide bonds. The molecule has 1 aromatic heterocycles. The molecule has 0 radical (unpaired) electrons. The third kappa shape index (κ3) is 4.07. The number of alkyl halides is 3. The van der Waals surface area contributed by atoms with E-state index in [1.54, 1.807) is 6.07 Å². The zero-order chi connectivity index (χ0) is 17.2. The highest BCUT2D eigenvalue weighted by molar-refractivity contribution is 5.92. The van der Waals surface area contributed by atoms with Gasteiger partial charge in [0, 0.05) is 13.2 Å². The van der Waals surface area contributed by atoms with Crippen LogP contribution in [0.2, 0.25) is 0 Å². The van der Waals surface area contributed by atoms with Crippen LogP contribution < -0.4 is 0 Å². The van der Waals surface area contributed by atoms with Gasteiger partial charge in [-0.15, -0.1) is 0 Å². The standard InChI is InChI=1S/C14H13F4N3O2/c1-20(8-12(22)14(16,17)18)13(23)11-5-6-21(19-11)10-4-2-3-9(15)7-10/h2-7,12,22H,8H2,1H3. The maximum atomic E-state index is 13.2. The van der Waals surface area contributed by atoms with Crippen molar-refractivity contribution in [3.63, 3.8) is 0 Å². The molecule has 1 N–H and O–H groups in total. The molecule has 0 saturated heterocycles. The van der Waals surface area contributed by atoms with Gasteiger partial charge in [-0.3, -0.25) is 4.79 Å². The van der Waals surface area contributed by atoms with Crippen molar-refractivity contribution < 1.29 is 27.5 Å². The third-order valence-corrected chi connectivity index (χ3v) is 3.05. The second-order valence-electron chi connectivity index (χ2n) is 4.87. The fourth-order valence-electron chi connectivity index (χ4n) is 1.84. The van der Waals surface area contributed by atoms with Crippen molar-refractivity contribution in [2.45, 2.75) is 12.3 Å². The molecule has 0 spiro atoms. The van der Waals surface area contributed by atoms with Gasteiger partial charge < -0.3 is 10.0 Å². The molecular weight excluding hydrogens is 318 g/mol. The average molecular weight is 331 g/mol. The number of rotatable bonds is 4. The first-order chi connectivity index (χ1) is 10.7. The van der Waals surface area contributed by atoms with E-state index < -0.39 is 30.5 Å². The summed E-state index contributed by atoms with van der Waals surface area (Å²) in [4.78, 5) is 12.7. The van der Waals surface area contributed by atoms with Gasteiger partial charge in [0.1, 0.15) is 5.82 Å². The van der Waals surface area contributed by atoms with Gasteiger partial charge in [0.05, 0.1) is 12.2 Å². The summed E-state index contributed by atoms with van der Waals surface area (Å²) in [6, 6.07) is 6.74. The van der Waals surface area contributed by atoms with Crippen LogP contribution in [0.1, 0.15) is 10.5 Å². The molecule has 23 heavy (non-hydrogen) atoms. The first-order valence-electron chi connectivity index (χ1n) is 6.50. The van der Waals surface area contributed by atoms with Gasteiger partial charge in [-0.05, 0) is 24.3 Å². The van der Waals surface area contributed by atoms with Gasteiger partial charge in [-0.2, -0.15) is 18.3 Å². The minimum absolute atomic E-state index is 0.119. The Morgan fingerprint density at radius 1 is 1.39 bits per heavy atom. The van der Waals surface area contributed by atoms with E-state index in [1.807, 2.05) is 0 Å². The maximum Gasteiger partial charge on any atom is 0.416 e. The SMILES string of the molecule is CN(CC(O)C(F)(F)F)C(=O)c1ccn(-c2cccc(F)c2)n1. The number of nitrogens with zero attached hydrogens (tertiary/aromatic N) is 3. The molecule has 2 aromatic rings. The molecule has 1 atom stereocenters. The Hall–Kier alpha value is -2.42. The van der Waals surface area contributed by atoms with Crippen LogP contribution in [-0.4, -0.2) is 51.6 Å². The molecule has 1 heterocycles. The zero-order valence-electron chi connectivity index (χ0n) is 12.0. The highest BCUT2D eigenvalue weighted by atomic mass is 19.4. The van der Waals surface area contributed by atoms with Crippen LogP contribution in [0.15, 0.2) is 36.5 Å². The summed E-state index contributed by atoms with van der Waals surface area (Å²) in [5, 5.41) is 12.9. The summed E-state index contributed by atoms with van der Waals surface area (Å²) in [6.07, 6.45) is -6.06. The third-order valence-electron chi connectivity index (χ3n) is 3.05. The largest absolute Gasteiger partial charge is 0.416 e. The van der Waals surface area contributed by atoms with Crippen molar-refractivity contribution >= 4 is 5.91 Å². The Morgan fingerprint density at radius 2 is 2.09 bits per heavy atom. The van der Waals surface area contributed by atoms with Crippen molar-refractivity contribution in [1.29, 1.82) is 0 Å². The van der Waals surface area contributed by atoms with Crippen LogP contribution in [0.4, 0.5) is 17.6 Å². The average Bonchev–Trinajstić information content (AvgIpc) is 2.95. The monoisotopic (exact) mass is 331 g/mol. The number of carbonyl (C=O) groups excluding carboxylic acids is 1. The number of amides is 1. The maximum absolute atomic E-state index is 13.2. The minimum Gasteiger partial charge on any atom is -0.382 e. The first kappa shape index (κ1) is 16.9. The van der Waals surface area contributed by atoms with Gasteiger partial charge in [0.15, 0.2) is 11.8 Å². The fraction of sp³-hybridized carbons (Fsp3) is 0.286. The normalized spacial score (nSPS) is 13.0. The Kier molecular flexibility index (Phi) is 4.69. The van der Waals surface area contributed by atoms with E-state index in [-0.39, 0.29) is 5.69 Å². The van der Waals surface area contributed by atoms with Gasteiger partial charge in [-0.1, -0.05) is 6.07 Å². The Labute approximate surface area is 128 Å². The first-order valence-corrected chi connectivity index (χ1v) is 6.50. The fourth-order valence-corrected chi connectivity index (χ4v) is 1.84. The number of aromatic nitrogens is 2. The Bertz CT molecular complexity index is 699. The summed E-state index contributed by atoms with van der Waals surface area (Å²) in [6.45, 7) is -0.908. The zero-order valence-corrected chi connectivity index (χ0v) is 12.0. The molecule has 124 valence electrons. The van der Waals surface area contributed by atoms with Crippen LogP contribution in [0.3, 0.4) is 0 Å². The van der Waals surface area contributed by atoms with Crippen molar-refractivity contribution in [2.75, 3.05) is 13.6 Å². The minimum atomic E-state index is -4.81. The summed E-state index contributed by atoms with van der Waals surface area (Å²) >= 11 is 0. The molecule has 5 nitrogen and oxygen atoms in total. The van der Waals surface area contributed by atoms with Gasteiger partial charge >= 0.3 is 6.18 Å². The van der Waals surface area contributed by atoms with E-state index in [4.69, 9.17) is 5.11 Å². The lowest BCUT2D eigenvalue weighted by Crippen LogP contribution is -2.41. The van der Waals surface area contributed by atoms with Crippen LogP contribution >= 0.6 is 0 Å². The predicted molar refractivity (Wildman–Crippen MR) is 72.5 cm³/mol. The molecule has 0 bridgehead atoms. The highest BCUT2D eigenvalue weighted by Gasteiger charge is 2.39. The molecule has 9 heteroatoms. The van der Waals surface area contributed by atoms with E-state index in [0.717, 1.165) is 11.9 Å². The van der Waals surface area contributed by atoms with Crippen molar-refractivity contribution in [3.05, 3.63) is 48.0 Å². The number of aliphatic hydroxyl groups excluding tert-OH is 1. The van der Waals surface area contributed by atoms with Crippen molar-refractivity contribution in [3.8, 4) is 5.69 Å². The summed E-state index contributed by atoms with van der Waals surface area (Å²) in [5.41, 5.74) is 0.244. The van der Waals surface area contributed by atoms with Crippen molar-refractivity contribution in [1.82, 2.24) is 14.7 Å². The molecule has 0 saturated carbocycles. The number of halogens is 4. The van der Waals surface area contributed by atoms with Crippen LogP contribution in [0, 0.1) is 5.82 Å². The summed E-state index contributed by atoms with van der Waals surface area (Å²) in [7, 11) is 1.12. The molecule has 1 unspecified atom stereocenters. The predicted octanol–water partition coefficient (Wildman–Crippen LogP) is 2.01. The Balaban J connectivity index is 2.12. The number of likely N-dealkylation sites (N-methyl/N-ethyl adjacent to an activating group) is 1. The number of benzene rings is 1. The molecule has 2 rings (SSSR count). The van der Waals surface area contributed by atoms with E-state index in [1.165, 1.54) is 35.1 Å². The number of hydrogen-bond donors (Lipinski definition) is 1. The van der Waals surface area contributed by atoms with E-state index >= 15 is 0 Å². The molecule has 0 aliphatic rings. The second kappa shape index (κ2) is 6.37. The van der Waals surface area contributed by atoms with Crippen molar-refractivity contribution in [2.24, 2.45) is 0 Å². The van der Waals surface area contributed by atoms with Gasteiger partial charge in [0.2, 0.25) is 0 Å². The van der Waals surface area contributed by atoms with Gasteiger partial charge in [-0.25, -0.2) is 9.07 Å². The lowest BCUT2D eigenvalue weighted by atomic mass is 10.3. The molecule has 0 fully saturated rings. The topological polar surface area (TPSA) is 58.4 Å². The van der Waals surface area contributed by atoms with E-state index in [0.29, 0.717) is 5.69 Å². The quantitative estimate of drug-likeness (QED) is 0.872. The highest BCUT2D eigenvalue weighted by Crippen LogP contribution is 2.20. The van der Waals surface area contributed by atoms with E-state index in [9.17, 15) is 22.4 Å². The van der Waals surface area contributed by atoms with Gasteiger partial charge in [0.25, 0.3) is 5.91 Å². The number of aliphatic hydroxyl groups is 1.